The third kappa shape index (κ3) is 1.19. The van der Waals surface area contributed by atoms with Crippen LogP contribution in [0.4, 0.5) is 0 Å². The molecule has 0 bridgehead atoms. The van der Waals surface area contributed by atoms with Crippen molar-refractivity contribution in [1.82, 2.24) is 0 Å². The fourth-order valence-electron chi connectivity index (χ4n) is 1.01. The van der Waals surface area contributed by atoms with Crippen LogP contribution in [0.1, 0.15) is 0 Å². The van der Waals surface area contributed by atoms with E-state index in [1.165, 1.54) is 0 Å². The first-order chi connectivity index (χ1) is 5.90. The van der Waals surface area contributed by atoms with Crippen LogP contribution >= 0.6 is 0 Å². The molecule has 0 spiro atoms. The molecule has 1 aliphatic heterocycles. The van der Waals surface area contributed by atoms with Gasteiger partial charge in [0, 0.05) is 6.07 Å². The SMILES string of the molecule is O[B]Oc1ccc2c(c1)OCO2. The highest BCUT2D eigenvalue weighted by atomic mass is 16.7. The second-order valence-electron chi connectivity index (χ2n) is 2.24. The molecule has 1 N–H and O–H groups in total. The summed E-state index contributed by atoms with van der Waals surface area (Å²) in [5.41, 5.74) is 0. The predicted molar refractivity (Wildman–Crippen MR) is 41.2 cm³/mol. The summed E-state index contributed by atoms with van der Waals surface area (Å²) in [5.74, 6) is 1.84. The molecule has 0 aromatic heterocycles. The summed E-state index contributed by atoms with van der Waals surface area (Å²) in [6, 6.07) is 5.05. The topological polar surface area (TPSA) is 47.9 Å². The number of ether oxygens (including phenoxy) is 2. The lowest BCUT2D eigenvalue weighted by Gasteiger charge is -2.01. The third-order valence-electron chi connectivity index (χ3n) is 1.53. The molecule has 0 atom stereocenters. The Morgan fingerprint density at radius 1 is 1.33 bits per heavy atom. The Balaban J connectivity index is 2.26. The first-order valence-corrected chi connectivity index (χ1v) is 3.42. The zero-order valence-electron chi connectivity index (χ0n) is 6.19. The lowest BCUT2D eigenvalue weighted by molar-refractivity contribution is 0.174. The molecule has 2 rings (SSSR count). The van der Waals surface area contributed by atoms with Crippen LogP contribution in [-0.4, -0.2) is 19.5 Å². The molecule has 0 amide bonds. The van der Waals surface area contributed by atoms with Gasteiger partial charge in [0.25, 0.3) is 0 Å². The van der Waals surface area contributed by atoms with Gasteiger partial charge in [0.15, 0.2) is 11.5 Å². The largest absolute Gasteiger partial charge is 0.569 e. The van der Waals surface area contributed by atoms with Crippen LogP contribution in [0.5, 0.6) is 17.2 Å². The van der Waals surface area contributed by atoms with Gasteiger partial charge in [-0.15, -0.1) is 0 Å². The zero-order valence-corrected chi connectivity index (χ0v) is 6.19. The van der Waals surface area contributed by atoms with Crippen molar-refractivity contribution in [2.24, 2.45) is 0 Å². The van der Waals surface area contributed by atoms with E-state index in [2.05, 4.69) is 0 Å². The second-order valence-corrected chi connectivity index (χ2v) is 2.24. The van der Waals surface area contributed by atoms with E-state index in [-0.39, 0.29) is 6.79 Å². The van der Waals surface area contributed by atoms with Crippen LogP contribution in [0.2, 0.25) is 0 Å². The summed E-state index contributed by atoms with van der Waals surface area (Å²) in [6.45, 7) is 0.238. The molecule has 1 radical (unpaired) electrons. The molecule has 0 unspecified atom stereocenters. The van der Waals surface area contributed by atoms with Crippen LogP contribution in [0.15, 0.2) is 18.2 Å². The minimum Gasteiger partial charge on any atom is -0.537 e. The van der Waals surface area contributed by atoms with Crippen LogP contribution in [-0.2, 0) is 0 Å². The van der Waals surface area contributed by atoms with Gasteiger partial charge in [0.1, 0.15) is 5.75 Å². The summed E-state index contributed by atoms with van der Waals surface area (Å²) < 4.78 is 14.9. The average molecular weight is 165 g/mol. The van der Waals surface area contributed by atoms with E-state index in [0.717, 1.165) is 0 Å². The molecule has 0 aliphatic carbocycles. The van der Waals surface area contributed by atoms with Gasteiger partial charge < -0.3 is 19.2 Å². The highest BCUT2D eigenvalue weighted by Gasteiger charge is 2.13. The highest BCUT2D eigenvalue weighted by molar-refractivity contribution is 6.17. The number of hydrogen-bond donors (Lipinski definition) is 1. The van der Waals surface area contributed by atoms with Gasteiger partial charge in [-0.1, -0.05) is 0 Å². The standard InChI is InChI=1S/C7H6BO4/c9-8-12-5-1-2-6-7(3-5)11-4-10-6/h1-3,9H,4H2. The predicted octanol–water partition coefficient (Wildman–Crippen LogP) is 0.321. The van der Waals surface area contributed by atoms with Gasteiger partial charge in [0.05, 0.1) is 0 Å². The van der Waals surface area contributed by atoms with Crippen molar-refractivity contribution >= 4 is 7.69 Å². The van der Waals surface area contributed by atoms with Gasteiger partial charge in [0.2, 0.25) is 6.79 Å². The third-order valence-corrected chi connectivity index (χ3v) is 1.53. The van der Waals surface area contributed by atoms with Gasteiger partial charge in [-0.25, -0.2) is 0 Å². The average Bonchev–Trinajstić information content (AvgIpc) is 2.51. The van der Waals surface area contributed by atoms with E-state index in [4.69, 9.17) is 19.2 Å². The molecule has 12 heavy (non-hydrogen) atoms. The van der Waals surface area contributed by atoms with E-state index in [9.17, 15) is 0 Å². The van der Waals surface area contributed by atoms with Crippen LogP contribution in [0.25, 0.3) is 0 Å². The van der Waals surface area contributed by atoms with Gasteiger partial charge in [-0.3, -0.25) is 0 Å². The Kier molecular flexibility index (Phi) is 1.79. The number of rotatable bonds is 2. The summed E-state index contributed by atoms with van der Waals surface area (Å²) in [7, 11) is 0.623. The Morgan fingerprint density at radius 2 is 2.17 bits per heavy atom. The fourth-order valence-corrected chi connectivity index (χ4v) is 1.01. The monoisotopic (exact) mass is 165 g/mol. The molecular formula is C7H6BO4. The van der Waals surface area contributed by atoms with Crippen LogP contribution < -0.4 is 14.1 Å². The fraction of sp³-hybridized carbons (Fsp3) is 0.143. The molecule has 61 valence electrons. The quantitative estimate of drug-likeness (QED) is 0.641. The summed E-state index contributed by atoms with van der Waals surface area (Å²) in [5, 5.41) is 8.35. The smallest absolute Gasteiger partial charge is 0.537 e. The van der Waals surface area contributed by atoms with E-state index in [1.54, 1.807) is 18.2 Å². The molecule has 1 aliphatic rings. The van der Waals surface area contributed by atoms with Crippen LogP contribution in [0.3, 0.4) is 0 Å². The number of fused-ring (bicyclic) bond motifs is 1. The molecule has 0 fully saturated rings. The maximum Gasteiger partial charge on any atom is 0.569 e. The summed E-state index contributed by atoms with van der Waals surface area (Å²) in [4.78, 5) is 0. The molecule has 1 aromatic carbocycles. The summed E-state index contributed by atoms with van der Waals surface area (Å²) in [6.07, 6.45) is 0. The van der Waals surface area contributed by atoms with E-state index in [1.807, 2.05) is 0 Å². The van der Waals surface area contributed by atoms with Crippen molar-refractivity contribution in [2.75, 3.05) is 6.79 Å². The first kappa shape index (κ1) is 7.30. The van der Waals surface area contributed by atoms with Crippen molar-refractivity contribution in [3.63, 3.8) is 0 Å². The zero-order chi connectivity index (χ0) is 8.39. The van der Waals surface area contributed by atoms with Crippen molar-refractivity contribution in [1.29, 1.82) is 0 Å². The Bertz CT molecular complexity index is 289. The maximum atomic E-state index is 8.35. The molecule has 1 heterocycles. The molecule has 0 saturated heterocycles. The Hall–Kier alpha value is -1.36. The summed E-state index contributed by atoms with van der Waals surface area (Å²) >= 11 is 0. The van der Waals surface area contributed by atoms with E-state index in [0.29, 0.717) is 24.9 Å². The van der Waals surface area contributed by atoms with Crippen molar-refractivity contribution in [3.8, 4) is 17.2 Å². The van der Waals surface area contributed by atoms with Crippen molar-refractivity contribution in [3.05, 3.63) is 18.2 Å². The van der Waals surface area contributed by atoms with E-state index >= 15 is 0 Å². The van der Waals surface area contributed by atoms with Crippen molar-refractivity contribution in [2.45, 2.75) is 0 Å². The van der Waals surface area contributed by atoms with Gasteiger partial charge in [-0.05, 0) is 12.1 Å². The lowest BCUT2D eigenvalue weighted by atomic mass is 10.3. The number of benzene rings is 1. The van der Waals surface area contributed by atoms with E-state index < -0.39 is 0 Å². The highest BCUT2D eigenvalue weighted by Crippen LogP contribution is 2.34. The first-order valence-electron chi connectivity index (χ1n) is 3.42. The molecule has 5 heteroatoms. The lowest BCUT2D eigenvalue weighted by Crippen LogP contribution is -1.99. The molecule has 1 aromatic rings. The molecular weight excluding hydrogens is 159 g/mol. The second kappa shape index (κ2) is 2.94. The Morgan fingerprint density at radius 3 is 3.00 bits per heavy atom. The van der Waals surface area contributed by atoms with Crippen LogP contribution in [0, 0.1) is 0 Å². The normalized spacial score (nSPS) is 12.8. The van der Waals surface area contributed by atoms with Crippen molar-refractivity contribution < 1.29 is 19.2 Å². The maximum absolute atomic E-state index is 8.35. The molecule has 4 nitrogen and oxygen atoms in total. The Labute approximate surface area is 70.0 Å². The number of hydrogen-bond acceptors (Lipinski definition) is 4. The van der Waals surface area contributed by atoms with Gasteiger partial charge >= 0.3 is 7.69 Å². The van der Waals surface area contributed by atoms with Gasteiger partial charge in [-0.2, -0.15) is 0 Å². The molecule has 0 saturated carbocycles. The minimum atomic E-state index is 0.238. The minimum absolute atomic E-state index is 0.238.